The molecule has 0 aliphatic heterocycles. The highest BCUT2D eigenvalue weighted by Gasteiger charge is 2.09. The number of carbonyl (C=O) groups is 2. The fourth-order valence-electron chi connectivity index (χ4n) is 2.18. The molecule has 2 aromatic carbocycles. The molecule has 0 N–H and O–H groups in total. The molecule has 0 fully saturated rings. The SMILES string of the molecule is COc1ccc(C(C)=O)cc1COC(=O)/C=C/c1ccc([N+](=O)[O-])cc1. The molecule has 0 saturated carbocycles. The van der Waals surface area contributed by atoms with E-state index in [0.717, 1.165) is 0 Å². The number of hydrogen-bond donors (Lipinski definition) is 0. The molecule has 0 saturated heterocycles. The third kappa shape index (κ3) is 5.01. The molecule has 26 heavy (non-hydrogen) atoms. The lowest BCUT2D eigenvalue weighted by Crippen LogP contribution is -2.04. The largest absolute Gasteiger partial charge is 0.496 e. The molecule has 0 unspecified atom stereocenters. The molecule has 134 valence electrons. The summed E-state index contributed by atoms with van der Waals surface area (Å²) in [7, 11) is 1.49. The number of ketones is 1. The van der Waals surface area contributed by atoms with E-state index in [1.54, 1.807) is 18.2 Å². The second-order valence-corrected chi connectivity index (χ2v) is 5.37. The van der Waals surface area contributed by atoms with Crippen LogP contribution in [0.5, 0.6) is 5.75 Å². The summed E-state index contributed by atoms with van der Waals surface area (Å²) in [5.41, 5.74) is 1.68. The minimum atomic E-state index is -0.585. The molecular weight excluding hydrogens is 338 g/mol. The van der Waals surface area contributed by atoms with Gasteiger partial charge in [0, 0.05) is 29.3 Å². The first-order valence-corrected chi connectivity index (χ1v) is 7.68. The first-order valence-electron chi connectivity index (χ1n) is 7.68. The summed E-state index contributed by atoms with van der Waals surface area (Å²) in [6.07, 6.45) is 2.72. The van der Waals surface area contributed by atoms with Gasteiger partial charge in [-0.1, -0.05) is 0 Å². The zero-order chi connectivity index (χ0) is 19.1. The predicted molar refractivity (Wildman–Crippen MR) is 94.9 cm³/mol. The van der Waals surface area contributed by atoms with Crippen LogP contribution < -0.4 is 4.74 Å². The molecule has 0 atom stereocenters. The second-order valence-electron chi connectivity index (χ2n) is 5.37. The van der Waals surface area contributed by atoms with Crippen LogP contribution in [-0.2, 0) is 16.1 Å². The van der Waals surface area contributed by atoms with Crippen LogP contribution in [0.15, 0.2) is 48.5 Å². The number of esters is 1. The van der Waals surface area contributed by atoms with Crippen molar-refractivity contribution in [2.75, 3.05) is 7.11 Å². The van der Waals surface area contributed by atoms with Gasteiger partial charge in [0.2, 0.25) is 0 Å². The molecule has 0 aliphatic carbocycles. The Hall–Kier alpha value is -3.48. The Labute approximate surface area is 150 Å². The summed E-state index contributed by atoms with van der Waals surface area (Å²) in [6, 6.07) is 10.7. The fourth-order valence-corrected chi connectivity index (χ4v) is 2.18. The van der Waals surface area contributed by atoms with Gasteiger partial charge in [-0.25, -0.2) is 4.79 Å². The lowest BCUT2D eigenvalue weighted by molar-refractivity contribution is -0.384. The number of nitro benzene ring substituents is 1. The van der Waals surface area contributed by atoms with Crippen molar-refractivity contribution in [1.29, 1.82) is 0 Å². The van der Waals surface area contributed by atoms with Crippen LogP contribution in [0.4, 0.5) is 5.69 Å². The minimum Gasteiger partial charge on any atom is -0.496 e. The first kappa shape index (κ1) is 18.9. The normalized spacial score (nSPS) is 10.5. The number of ether oxygens (including phenoxy) is 2. The standard InChI is InChI=1S/C19H17NO6/c1-13(21)15-6-9-18(25-2)16(11-15)12-26-19(22)10-5-14-3-7-17(8-4-14)20(23)24/h3-11H,12H2,1-2H3/b10-5+. The van der Waals surface area contributed by atoms with E-state index in [9.17, 15) is 19.7 Å². The van der Waals surface area contributed by atoms with E-state index < -0.39 is 10.9 Å². The van der Waals surface area contributed by atoms with Crippen molar-refractivity contribution < 1.29 is 24.0 Å². The zero-order valence-corrected chi connectivity index (χ0v) is 14.3. The van der Waals surface area contributed by atoms with Crippen LogP contribution in [0.2, 0.25) is 0 Å². The monoisotopic (exact) mass is 355 g/mol. The number of hydrogen-bond acceptors (Lipinski definition) is 6. The topological polar surface area (TPSA) is 95.7 Å². The minimum absolute atomic E-state index is 0.0258. The molecule has 0 aliphatic rings. The molecule has 0 spiro atoms. The Morgan fingerprint density at radius 3 is 2.42 bits per heavy atom. The third-order valence-electron chi connectivity index (χ3n) is 3.57. The Bertz CT molecular complexity index is 855. The van der Waals surface area contributed by atoms with Gasteiger partial charge in [0.05, 0.1) is 12.0 Å². The van der Waals surface area contributed by atoms with Crippen molar-refractivity contribution in [2.24, 2.45) is 0 Å². The molecule has 0 amide bonds. The zero-order valence-electron chi connectivity index (χ0n) is 14.3. The molecule has 0 bridgehead atoms. The summed E-state index contributed by atoms with van der Waals surface area (Å²) in [6.45, 7) is 1.40. The van der Waals surface area contributed by atoms with Gasteiger partial charge in [0.25, 0.3) is 5.69 Å². The lowest BCUT2D eigenvalue weighted by atomic mass is 10.1. The number of benzene rings is 2. The number of carbonyl (C=O) groups excluding carboxylic acids is 2. The average Bonchev–Trinajstić information content (AvgIpc) is 2.64. The van der Waals surface area contributed by atoms with Gasteiger partial charge < -0.3 is 9.47 Å². The Morgan fingerprint density at radius 2 is 1.85 bits per heavy atom. The van der Waals surface area contributed by atoms with Crippen molar-refractivity contribution >= 4 is 23.5 Å². The number of nitrogens with zero attached hydrogens (tertiary/aromatic N) is 1. The van der Waals surface area contributed by atoms with Gasteiger partial charge in [-0.3, -0.25) is 14.9 Å². The fraction of sp³-hybridized carbons (Fsp3) is 0.158. The van der Waals surface area contributed by atoms with Gasteiger partial charge in [-0.15, -0.1) is 0 Å². The number of Topliss-reactive ketones (excluding diaryl/α,β-unsaturated/α-hetero) is 1. The van der Waals surface area contributed by atoms with Crippen LogP contribution in [0.3, 0.4) is 0 Å². The predicted octanol–water partition coefficient (Wildman–Crippen LogP) is 3.56. The van der Waals surface area contributed by atoms with Crippen LogP contribution in [-0.4, -0.2) is 23.8 Å². The van der Waals surface area contributed by atoms with E-state index in [-0.39, 0.29) is 18.1 Å². The molecular formula is C19H17NO6. The van der Waals surface area contributed by atoms with Crippen LogP contribution >= 0.6 is 0 Å². The highest BCUT2D eigenvalue weighted by Crippen LogP contribution is 2.21. The molecule has 7 heteroatoms. The van der Waals surface area contributed by atoms with Crippen LogP contribution in [0.1, 0.15) is 28.4 Å². The summed E-state index contributed by atoms with van der Waals surface area (Å²) in [5.74, 6) is -0.168. The van der Waals surface area contributed by atoms with E-state index in [1.807, 2.05) is 0 Å². The van der Waals surface area contributed by atoms with Crippen molar-refractivity contribution in [1.82, 2.24) is 0 Å². The maximum Gasteiger partial charge on any atom is 0.331 e. The van der Waals surface area contributed by atoms with E-state index in [1.165, 1.54) is 50.5 Å². The summed E-state index contributed by atoms with van der Waals surface area (Å²) in [5, 5.41) is 10.6. The average molecular weight is 355 g/mol. The number of methoxy groups -OCH3 is 1. The Morgan fingerprint density at radius 1 is 1.15 bits per heavy atom. The van der Waals surface area contributed by atoms with Crippen molar-refractivity contribution in [2.45, 2.75) is 13.5 Å². The Kier molecular flexibility index (Phi) is 6.21. The lowest BCUT2D eigenvalue weighted by Gasteiger charge is -2.09. The molecule has 7 nitrogen and oxygen atoms in total. The van der Waals surface area contributed by atoms with E-state index in [4.69, 9.17) is 9.47 Å². The van der Waals surface area contributed by atoms with Crippen molar-refractivity contribution in [3.63, 3.8) is 0 Å². The van der Waals surface area contributed by atoms with Gasteiger partial charge >= 0.3 is 5.97 Å². The number of non-ortho nitro benzene ring substituents is 1. The van der Waals surface area contributed by atoms with Gasteiger partial charge in [0.1, 0.15) is 12.4 Å². The molecule has 2 rings (SSSR count). The Balaban J connectivity index is 2.01. The second kappa shape index (κ2) is 8.57. The highest BCUT2D eigenvalue weighted by molar-refractivity contribution is 5.94. The van der Waals surface area contributed by atoms with E-state index in [2.05, 4.69) is 0 Å². The van der Waals surface area contributed by atoms with E-state index >= 15 is 0 Å². The molecule has 0 aromatic heterocycles. The quantitative estimate of drug-likeness (QED) is 0.248. The van der Waals surface area contributed by atoms with Crippen molar-refractivity contribution in [3.8, 4) is 5.75 Å². The third-order valence-corrected chi connectivity index (χ3v) is 3.57. The van der Waals surface area contributed by atoms with Crippen LogP contribution in [0, 0.1) is 10.1 Å². The first-order chi connectivity index (χ1) is 12.4. The number of rotatable bonds is 7. The highest BCUT2D eigenvalue weighted by atomic mass is 16.6. The maximum absolute atomic E-state index is 11.9. The summed E-state index contributed by atoms with van der Waals surface area (Å²) >= 11 is 0. The maximum atomic E-state index is 11.9. The molecule has 0 heterocycles. The summed E-state index contributed by atoms with van der Waals surface area (Å²) in [4.78, 5) is 33.4. The van der Waals surface area contributed by atoms with Gasteiger partial charge in [-0.2, -0.15) is 0 Å². The molecule has 0 radical (unpaired) electrons. The smallest absolute Gasteiger partial charge is 0.331 e. The van der Waals surface area contributed by atoms with Gasteiger partial charge in [0.15, 0.2) is 5.78 Å². The number of nitro groups is 1. The van der Waals surface area contributed by atoms with E-state index in [0.29, 0.717) is 22.4 Å². The summed E-state index contributed by atoms with van der Waals surface area (Å²) < 4.78 is 10.4. The van der Waals surface area contributed by atoms with Crippen LogP contribution in [0.25, 0.3) is 6.08 Å². The van der Waals surface area contributed by atoms with Crippen molar-refractivity contribution in [3.05, 3.63) is 75.3 Å². The molecule has 2 aromatic rings. The van der Waals surface area contributed by atoms with Gasteiger partial charge in [-0.05, 0) is 48.9 Å².